The van der Waals surface area contributed by atoms with Gasteiger partial charge in [-0.2, -0.15) is 0 Å². The molecule has 3 nitrogen and oxygen atoms in total. The molecule has 1 aliphatic carbocycles. The molecule has 1 heterocycles. The van der Waals surface area contributed by atoms with Crippen LogP contribution in [0.2, 0.25) is 0 Å². The average molecular weight is 286 g/mol. The van der Waals surface area contributed by atoms with Crippen LogP contribution in [0.1, 0.15) is 56.2 Å². The number of allylic oxidation sites excluding steroid dienone is 1. The lowest BCUT2D eigenvalue weighted by Crippen LogP contribution is -2.23. The van der Waals surface area contributed by atoms with Crippen molar-refractivity contribution in [1.82, 2.24) is 0 Å². The van der Waals surface area contributed by atoms with Gasteiger partial charge in [0, 0.05) is 17.6 Å². The van der Waals surface area contributed by atoms with Crippen molar-refractivity contribution in [2.75, 3.05) is 6.61 Å². The quantitative estimate of drug-likeness (QED) is 0.578. The number of carbonyl (C=O) groups excluding carboxylic acids is 1. The zero-order valence-electron chi connectivity index (χ0n) is 13.2. The second-order valence-corrected chi connectivity index (χ2v) is 6.92. The third-order valence-corrected chi connectivity index (χ3v) is 4.04. The van der Waals surface area contributed by atoms with Gasteiger partial charge in [0.2, 0.25) is 0 Å². The van der Waals surface area contributed by atoms with E-state index in [-0.39, 0.29) is 5.97 Å². The Morgan fingerprint density at radius 1 is 1.38 bits per heavy atom. The Balaban J connectivity index is 1.99. The van der Waals surface area contributed by atoms with E-state index in [0.717, 1.165) is 30.8 Å². The molecule has 112 valence electrons. The van der Waals surface area contributed by atoms with E-state index < -0.39 is 5.60 Å². The molecule has 0 fully saturated rings. The van der Waals surface area contributed by atoms with Gasteiger partial charge in [-0.05, 0) is 63.3 Å². The fourth-order valence-electron chi connectivity index (χ4n) is 3.24. The topological polar surface area (TPSA) is 35.5 Å². The molecule has 0 N–H and O–H groups in total. The summed E-state index contributed by atoms with van der Waals surface area (Å²) in [6.45, 7) is 8.53. The Hall–Kier alpha value is -1.77. The number of hydrogen-bond donors (Lipinski definition) is 0. The summed E-state index contributed by atoms with van der Waals surface area (Å²) in [5.74, 6) is 1.20. The van der Waals surface area contributed by atoms with E-state index in [1.807, 2.05) is 26.8 Å². The van der Waals surface area contributed by atoms with Crippen LogP contribution in [0.4, 0.5) is 0 Å². The molecule has 0 radical (unpaired) electrons. The largest absolute Gasteiger partial charge is 0.493 e. The van der Waals surface area contributed by atoms with E-state index in [2.05, 4.69) is 13.0 Å². The maximum absolute atomic E-state index is 12.1. The number of hydrogen-bond acceptors (Lipinski definition) is 3. The molecule has 2 aliphatic rings. The Kier molecular flexibility index (Phi) is 3.31. The van der Waals surface area contributed by atoms with Crippen LogP contribution in [0.3, 0.4) is 0 Å². The maximum Gasteiger partial charge on any atom is 0.331 e. The van der Waals surface area contributed by atoms with E-state index in [9.17, 15) is 4.79 Å². The van der Waals surface area contributed by atoms with Crippen LogP contribution < -0.4 is 4.74 Å². The highest BCUT2D eigenvalue weighted by atomic mass is 16.6. The van der Waals surface area contributed by atoms with Crippen molar-refractivity contribution in [2.24, 2.45) is 0 Å². The third-order valence-electron chi connectivity index (χ3n) is 4.04. The highest BCUT2D eigenvalue weighted by Gasteiger charge is 2.33. The van der Waals surface area contributed by atoms with Gasteiger partial charge in [-0.1, -0.05) is 6.07 Å². The summed E-state index contributed by atoms with van der Waals surface area (Å²) in [7, 11) is 0. The van der Waals surface area contributed by atoms with Gasteiger partial charge in [0.1, 0.15) is 11.4 Å². The smallest absolute Gasteiger partial charge is 0.331 e. The second kappa shape index (κ2) is 4.90. The second-order valence-electron chi connectivity index (χ2n) is 6.92. The minimum atomic E-state index is -0.456. The van der Waals surface area contributed by atoms with Crippen molar-refractivity contribution in [3.8, 4) is 5.75 Å². The van der Waals surface area contributed by atoms with E-state index in [4.69, 9.17) is 9.47 Å². The maximum atomic E-state index is 12.1. The molecular weight excluding hydrogens is 264 g/mol. The molecule has 0 spiro atoms. The van der Waals surface area contributed by atoms with Gasteiger partial charge in [-0.25, -0.2) is 4.79 Å². The number of aryl methyl sites for hydroxylation is 1. The summed E-state index contributed by atoms with van der Waals surface area (Å²) >= 11 is 0. The van der Waals surface area contributed by atoms with Gasteiger partial charge in [-0.15, -0.1) is 0 Å². The van der Waals surface area contributed by atoms with Gasteiger partial charge >= 0.3 is 5.97 Å². The highest BCUT2D eigenvalue weighted by Crippen LogP contribution is 2.48. The molecule has 0 amide bonds. The van der Waals surface area contributed by atoms with Gasteiger partial charge in [0.05, 0.1) is 6.61 Å². The minimum absolute atomic E-state index is 0.258. The van der Waals surface area contributed by atoms with Crippen LogP contribution in [0.5, 0.6) is 5.75 Å². The molecule has 21 heavy (non-hydrogen) atoms. The number of esters is 1. The highest BCUT2D eigenvalue weighted by molar-refractivity contribution is 5.93. The zero-order valence-corrected chi connectivity index (χ0v) is 13.2. The van der Waals surface area contributed by atoms with Crippen LogP contribution in [-0.4, -0.2) is 18.2 Å². The fraction of sp³-hybridized carbons (Fsp3) is 0.500. The average Bonchev–Trinajstić information content (AvgIpc) is 2.77. The van der Waals surface area contributed by atoms with E-state index >= 15 is 0 Å². The van der Waals surface area contributed by atoms with Crippen LogP contribution in [0, 0.1) is 6.92 Å². The van der Waals surface area contributed by atoms with Gasteiger partial charge in [0.25, 0.3) is 0 Å². The Bertz CT molecular complexity index is 620. The lowest BCUT2D eigenvalue weighted by molar-refractivity contribution is -0.148. The Labute approximate surface area is 125 Å². The standard InChI is InChI=1S/C18H22O3/c1-11-5-8-14-17-13(10-20-14)7-6-12(16(11)17)9-15(19)21-18(2,3)4/h5,8-9,13H,6-7,10H2,1-4H3/b12-9+. The molecule has 1 aliphatic heterocycles. The van der Waals surface area contributed by atoms with Crippen LogP contribution >= 0.6 is 0 Å². The summed E-state index contributed by atoms with van der Waals surface area (Å²) in [4.78, 5) is 12.1. The molecule has 1 aromatic carbocycles. The van der Waals surface area contributed by atoms with E-state index in [1.165, 1.54) is 16.7 Å². The van der Waals surface area contributed by atoms with Crippen LogP contribution in [0.25, 0.3) is 5.57 Å². The number of rotatable bonds is 1. The summed E-state index contributed by atoms with van der Waals surface area (Å²) in [5, 5.41) is 0. The van der Waals surface area contributed by atoms with Crippen molar-refractivity contribution >= 4 is 11.5 Å². The van der Waals surface area contributed by atoms with Crippen molar-refractivity contribution in [1.29, 1.82) is 0 Å². The predicted molar refractivity (Wildman–Crippen MR) is 82.5 cm³/mol. The molecule has 3 rings (SSSR count). The molecule has 3 heteroatoms. The summed E-state index contributed by atoms with van der Waals surface area (Å²) in [6.07, 6.45) is 3.62. The molecule has 0 aromatic heterocycles. The molecular formula is C18H22O3. The van der Waals surface area contributed by atoms with Gasteiger partial charge in [0.15, 0.2) is 0 Å². The minimum Gasteiger partial charge on any atom is -0.493 e. The SMILES string of the molecule is Cc1ccc2c3c1/C(=C/C(=O)OC(C)(C)C)CCC3CO2. The van der Waals surface area contributed by atoms with Crippen molar-refractivity contribution in [3.05, 3.63) is 34.9 Å². The number of benzene rings is 1. The third kappa shape index (κ3) is 2.69. The molecule has 1 atom stereocenters. The first-order valence-corrected chi connectivity index (χ1v) is 7.55. The predicted octanol–water partition coefficient (Wildman–Crippen LogP) is 3.99. The van der Waals surface area contributed by atoms with Gasteiger partial charge < -0.3 is 9.47 Å². The van der Waals surface area contributed by atoms with E-state index in [0.29, 0.717) is 5.92 Å². The molecule has 1 aromatic rings. The van der Waals surface area contributed by atoms with Gasteiger partial charge in [-0.3, -0.25) is 0 Å². The fourth-order valence-corrected chi connectivity index (χ4v) is 3.24. The summed E-state index contributed by atoms with van der Waals surface area (Å²) in [6, 6.07) is 4.12. The first kappa shape index (κ1) is 14.2. The van der Waals surface area contributed by atoms with Crippen LogP contribution in [-0.2, 0) is 9.53 Å². The van der Waals surface area contributed by atoms with Crippen LogP contribution in [0.15, 0.2) is 18.2 Å². The lowest BCUT2D eigenvalue weighted by Gasteiger charge is -2.24. The normalized spacial score (nSPS) is 21.9. The molecule has 0 saturated heterocycles. The molecule has 0 bridgehead atoms. The van der Waals surface area contributed by atoms with Crippen molar-refractivity contribution in [2.45, 2.75) is 52.1 Å². The Morgan fingerprint density at radius 3 is 2.86 bits per heavy atom. The molecule has 1 unspecified atom stereocenters. The monoisotopic (exact) mass is 286 g/mol. The summed E-state index contributed by atoms with van der Waals surface area (Å²) < 4.78 is 11.2. The first-order valence-electron chi connectivity index (χ1n) is 7.55. The lowest BCUT2D eigenvalue weighted by atomic mass is 9.79. The molecule has 0 saturated carbocycles. The zero-order chi connectivity index (χ0) is 15.2. The number of ether oxygens (including phenoxy) is 2. The Morgan fingerprint density at radius 2 is 2.14 bits per heavy atom. The van der Waals surface area contributed by atoms with E-state index in [1.54, 1.807) is 6.08 Å². The van der Waals surface area contributed by atoms with Crippen molar-refractivity contribution in [3.63, 3.8) is 0 Å². The first-order chi connectivity index (χ1) is 9.85. The summed E-state index contributed by atoms with van der Waals surface area (Å²) in [5.41, 5.74) is 4.32. The number of carbonyl (C=O) groups is 1. The van der Waals surface area contributed by atoms with Crippen molar-refractivity contribution < 1.29 is 14.3 Å².